The average molecular weight is 260 g/mol. The van der Waals surface area contributed by atoms with Gasteiger partial charge in [0.2, 0.25) is 0 Å². The smallest absolute Gasteiger partial charge is 0.0424 e. The van der Waals surface area contributed by atoms with Crippen molar-refractivity contribution in [2.45, 2.75) is 33.7 Å². The molecular formula is C13H19Cl2N. The predicted octanol–water partition coefficient (Wildman–Crippen LogP) is 4.52. The first-order chi connectivity index (χ1) is 7.43. The van der Waals surface area contributed by atoms with E-state index in [1.807, 2.05) is 12.1 Å². The summed E-state index contributed by atoms with van der Waals surface area (Å²) in [6.07, 6.45) is 1.16. The van der Waals surface area contributed by atoms with E-state index in [1.54, 1.807) is 6.07 Å². The quantitative estimate of drug-likeness (QED) is 0.820. The molecule has 0 aromatic heterocycles. The Morgan fingerprint density at radius 2 is 1.69 bits per heavy atom. The van der Waals surface area contributed by atoms with Crippen molar-refractivity contribution in [3.8, 4) is 0 Å². The van der Waals surface area contributed by atoms with E-state index in [0.29, 0.717) is 15.5 Å². The Bertz CT molecular complexity index is 328. The molecule has 0 saturated heterocycles. The molecule has 0 aliphatic rings. The van der Waals surface area contributed by atoms with Crippen molar-refractivity contribution in [1.82, 2.24) is 5.32 Å². The number of rotatable bonds is 5. The lowest BCUT2D eigenvalue weighted by atomic mass is 9.90. The minimum Gasteiger partial charge on any atom is -0.312 e. The summed E-state index contributed by atoms with van der Waals surface area (Å²) in [5, 5.41) is 4.82. The van der Waals surface area contributed by atoms with Gasteiger partial charge in [0, 0.05) is 23.1 Å². The fourth-order valence-corrected chi connectivity index (χ4v) is 1.95. The van der Waals surface area contributed by atoms with E-state index in [1.165, 1.54) is 0 Å². The van der Waals surface area contributed by atoms with Crippen LogP contribution in [0, 0.1) is 5.41 Å². The number of halogens is 2. The first-order valence-electron chi connectivity index (χ1n) is 5.58. The molecule has 0 amide bonds. The van der Waals surface area contributed by atoms with Gasteiger partial charge in [-0.15, -0.1) is 0 Å². The summed E-state index contributed by atoms with van der Waals surface area (Å²) in [4.78, 5) is 0. The van der Waals surface area contributed by atoms with Gasteiger partial charge in [-0.1, -0.05) is 44.0 Å². The Kier molecular flexibility index (Phi) is 5.10. The lowest BCUT2D eigenvalue weighted by Crippen LogP contribution is -2.28. The summed E-state index contributed by atoms with van der Waals surface area (Å²) in [6, 6.07) is 5.64. The normalized spacial score (nSPS) is 11.8. The zero-order valence-electron chi connectivity index (χ0n) is 10.1. The van der Waals surface area contributed by atoms with Gasteiger partial charge < -0.3 is 5.32 Å². The Balaban J connectivity index is 2.49. The maximum atomic E-state index is 5.93. The van der Waals surface area contributed by atoms with Gasteiger partial charge in [0.05, 0.1) is 0 Å². The Labute approximate surface area is 108 Å². The summed E-state index contributed by atoms with van der Waals surface area (Å²) in [5.74, 6) is 0. The molecule has 0 saturated carbocycles. The van der Waals surface area contributed by atoms with Crippen LogP contribution in [0.4, 0.5) is 0 Å². The van der Waals surface area contributed by atoms with Gasteiger partial charge in [-0.05, 0) is 35.6 Å². The maximum absolute atomic E-state index is 5.93. The van der Waals surface area contributed by atoms with Crippen LogP contribution in [-0.4, -0.2) is 6.54 Å². The van der Waals surface area contributed by atoms with Crippen molar-refractivity contribution < 1.29 is 0 Å². The van der Waals surface area contributed by atoms with Gasteiger partial charge in [0.1, 0.15) is 0 Å². The first kappa shape index (κ1) is 13.8. The second kappa shape index (κ2) is 5.90. The lowest BCUT2D eigenvalue weighted by molar-refractivity contribution is 0.327. The molecule has 0 heterocycles. The van der Waals surface area contributed by atoms with Crippen molar-refractivity contribution in [3.63, 3.8) is 0 Å². The number of hydrogen-bond donors (Lipinski definition) is 1. The second-order valence-electron chi connectivity index (χ2n) is 4.90. The molecule has 0 fully saturated rings. The number of benzene rings is 1. The largest absolute Gasteiger partial charge is 0.312 e. The Morgan fingerprint density at radius 1 is 1.12 bits per heavy atom. The molecule has 3 heteroatoms. The van der Waals surface area contributed by atoms with Gasteiger partial charge in [-0.25, -0.2) is 0 Å². The highest BCUT2D eigenvalue weighted by molar-refractivity contribution is 6.34. The molecule has 90 valence electrons. The van der Waals surface area contributed by atoms with Crippen molar-refractivity contribution >= 4 is 23.2 Å². The standard InChI is InChI=1S/C13H19Cl2N/c1-4-13(2,3)9-16-8-10-5-11(14)7-12(15)6-10/h5-7,16H,4,8-9H2,1-3H3. The van der Waals surface area contributed by atoms with Crippen LogP contribution in [0.15, 0.2) is 18.2 Å². The summed E-state index contributed by atoms with van der Waals surface area (Å²) >= 11 is 11.9. The van der Waals surface area contributed by atoms with E-state index in [4.69, 9.17) is 23.2 Å². The van der Waals surface area contributed by atoms with Crippen molar-refractivity contribution in [1.29, 1.82) is 0 Å². The zero-order chi connectivity index (χ0) is 12.2. The highest BCUT2D eigenvalue weighted by Crippen LogP contribution is 2.20. The maximum Gasteiger partial charge on any atom is 0.0424 e. The zero-order valence-corrected chi connectivity index (χ0v) is 11.6. The van der Waals surface area contributed by atoms with E-state index in [-0.39, 0.29) is 0 Å². The van der Waals surface area contributed by atoms with Crippen molar-refractivity contribution in [2.75, 3.05) is 6.54 Å². The Morgan fingerprint density at radius 3 is 2.19 bits per heavy atom. The van der Waals surface area contributed by atoms with E-state index >= 15 is 0 Å². The lowest BCUT2D eigenvalue weighted by Gasteiger charge is -2.23. The molecule has 0 atom stereocenters. The molecule has 0 unspecified atom stereocenters. The molecule has 16 heavy (non-hydrogen) atoms. The summed E-state index contributed by atoms with van der Waals surface area (Å²) in [6.45, 7) is 8.52. The summed E-state index contributed by atoms with van der Waals surface area (Å²) < 4.78 is 0. The van der Waals surface area contributed by atoms with Gasteiger partial charge in [-0.2, -0.15) is 0 Å². The van der Waals surface area contributed by atoms with Gasteiger partial charge in [0.15, 0.2) is 0 Å². The van der Waals surface area contributed by atoms with Crippen LogP contribution in [0.25, 0.3) is 0 Å². The fourth-order valence-electron chi connectivity index (χ4n) is 1.38. The molecule has 1 nitrogen and oxygen atoms in total. The molecule has 1 aromatic carbocycles. The minimum atomic E-state index is 0.336. The number of nitrogens with one attached hydrogen (secondary N) is 1. The third-order valence-electron chi connectivity index (χ3n) is 2.81. The van der Waals surface area contributed by atoms with Gasteiger partial charge in [0.25, 0.3) is 0 Å². The molecule has 0 aliphatic heterocycles. The van der Waals surface area contributed by atoms with Crippen LogP contribution in [0.3, 0.4) is 0 Å². The average Bonchev–Trinajstić information content (AvgIpc) is 2.16. The highest BCUT2D eigenvalue weighted by atomic mass is 35.5. The number of hydrogen-bond acceptors (Lipinski definition) is 1. The second-order valence-corrected chi connectivity index (χ2v) is 5.77. The van der Waals surface area contributed by atoms with Crippen molar-refractivity contribution in [3.05, 3.63) is 33.8 Å². The van der Waals surface area contributed by atoms with Crippen LogP contribution in [-0.2, 0) is 6.54 Å². The molecule has 1 aromatic rings. The highest BCUT2D eigenvalue weighted by Gasteiger charge is 2.13. The van der Waals surface area contributed by atoms with E-state index in [2.05, 4.69) is 26.1 Å². The van der Waals surface area contributed by atoms with E-state index in [9.17, 15) is 0 Å². The molecule has 0 radical (unpaired) electrons. The van der Waals surface area contributed by atoms with E-state index in [0.717, 1.165) is 25.1 Å². The monoisotopic (exact) mass is 259 g/mol. The SMILES string of the molecule is CCC(C)(C)CNCc1cc(Cl)cc(Cl)c1. The van der Waals surface area contributed by atoms with Crippen LogP contribution in [0.5, 0.6) is 0 Å². The fraction of sp³-hybridized carbons (Fsp3) is 0.538. The topological polar surface area (TPSA) is 12.0 Å². The third-order valence-corrected chi connectivity index (χ3v) is 3.25. The summed E-state index contributed by atoms with van der Waals surface area (Å²) in [7, 11) is 0. The molecule has 0 spiro atoms. The summed E-state index contributed by atoms with van der Waals surface area (Å²) in [5.41, 5.74) is 1.46. The van der Waals surface area contributed by atoms with E-state index < -0.39 is 0 Å². The van der Waals surface area contributed by atoms with Crippen LogP contribution in [0.1, 0.15) is 32.8 Å². The van der Waals surface area contributed by atoms with Gasteiger partial charge in [-0.3, -0.25) is 0 Å². The molecule has 1 N–H and O–H groups in total. The minimum absolute atomic E-state index is 0.336. The molecule has 1 rings (SSSR count). The molecular weight excluding hydrogens is 241 g/mol. The molecule has 0 aliphatic carbocycles. The van der Waals surface area contributed by atoms with Crippen molar-refractivity contribution in [2.24, 2.45) is 5.41 Å². The molecule has 0 bridgehead atoms. The van der Waals surface area contributed by atoms with Crippen LogP contribution in [0.2, 0.25) is 10.0 Å². The van der Waals surface area contributed by atoms with Crippen LogP contribution < -0.4 is 5.32 Å². The Hall–Kier alpha value is -0.240. The predicted molar refractivity (Wildman–Crippen MR) is 72.2 cm³/mol. The first-order valence-corrected chi connectivity index (χ1v) is 6.34. The van der Waals surface area contributed by atoms with Gasteiger partial charge >= 0.3 is 0 Å². The third kappa shape index (κ3) is 4.73. The van der Waals surface area contributed by atoms with Crippen LogP contribution >= 0.6 is 23.2 Å².